The van der Waals surface area contributed by atoms with E-state index < -0.39 is 18.3 Å². The predicted octanol–water partition coefficient (Wildman–Crippen LogP) is 1.40. The molecule has 0 saturated heterocycles. The maximum absolute atomic E-state index is 5.22. The summed E-state index contributed by atoms with van der Waals surface area (Å²) < 4.78 is 30.5. The average molecular weight is 313 g/mol. The Bertz CT molecular complexity index is 179. The smallest absolute Gasteiger partial charge is 0.376 e. The van der Waals surface area contributed by atoms with E-state index >= 15 is 0 Å². The highest BCUT2D eigenvalue weighted by Crippen LogP contribution is 2.04. The lowest BCUT2D eigenvalue weighted by Crippen LogP contribution is -2.40. The Balaban J connectivity index is 0. The quantitative estimate of drug-likeness (QED) is 0.568. The van der Waals surface area contributed by atoms with Crippen LogP contribution in [0.2, 0.25) is 0 Å². The fraction of sp³-hybridized carbons (Fsp3) is 0.818. The first-order valence-electron chi connectivity index (χ1n) is 6.23. The van der Waals surface area contributed by atoms with Gasteiger partial charge in [-0.15, -0.1) is 0 Å². The largest absolute Gasteiger partial charge is 0.528 e. The standard InChI is InChI=1S/C6H16O3Si.C5H12O3Si/c1-4-7-10(8-5-2)9-6-3;1-5-9(6-2,7-3)8-4/h10H,4-6H2,1-3H3;5H,1H2,2-4H3. The van der Waals surface area contributed by atoms with Gasteiger partial charge in [0.2, 0.25) is 0 Å². The van der Waals surface area contributed by atoms with Crippen LogP contribution in [-0.4, -0.2) is 59.5 Å². The van der Waals surface area contributed by atoms with E-state index in [0.29, 0.717) is 19.8 Å². The molecule has 19 heavy (non-hydrogen) atoms. The summed E-state index contributed by atoms with van der Waals surface area (Å²) in [5, 5.41) is 0. The van der Waals surface area contributed by atoms with E-state index in [0.717, 1.165) is 0 Å². The molecule has 0 rings (SSSR count). The van der Waals surface area contributed by atoms with Crippen molar-refractivity contribution < 1.29 is 26.6 Å². The Morgan fingerprint density at radius 1 is 0.842 bits per heavy atom. The van der Waals surface area contributed by atoms with Gasteiger partial charge in [-0.3, -0.25) is 0 Å². The van der Waals surface area contributed by atoms with Crippen molar-refractivity contribution in [3.63, 3.8) is 0 Å². The highest BCUT2D eigenvalue weighted by molar-refractivity contribution is 6.66. The molecule has 0 radical (unpaired) electrons. The minimum Gasteiger partial charge on any atom is -0.376 e. The van der Waals surface area contributed by atoms with Crippen molar-refractivity contribution in [2.45, 2.75) is 20.8 Å². The molecular weight excluding hydrogens is 284 g/mol. The summed E-state index contributed by atoms with van der Waals surface area (Å²) in [6.45, 7) is 11.4. The van der Waals surface area contributed by atoms with E-state index in [1.165, 1.54) is 0 Å². The molecule has 0 aliphatic rings. The minimum absolute atomic E-state index is 0.677. The zero-order chi connectivity index (χ0) is 15.1. The molecule has 8 heteroatoms. The third-order valence-corrected chi connectivity index (χ3v) is 6.04. The van der Waals surface area contributed by atoms with Gasteiger partial charge in [0.05, 0.1) is 0 Å². The highest BCUT2D eigenvalue weighted by atomic mass is 28.4. The van der Waals surface area contributed by atoms with Gasteiger partial charge in [0.25, 0.3) is 0 Å². The number of hydrogen-bond acceptors (Lipinski definition) is 6. The Kier molecular flexibility index (Phi) is 16.0. The molecule has 0 aromatic rings. The topological polar surface area (TPSA) is 55.4 Å². The fourth-order valence-corrected chi connectivity index (χ4v) is 3.16. The molecule has 0 amide bonds. The van der Waals surface area contributed by atoms with Crippen molar-refractivity contribution in [2.24, 2.45) is 0 Å². The molecule has 0 aliphatic heterocycles. The van der Waals surface area contributed by atoms with E-state index in [1.807, 2.05) is 20.8 Å². The van der Waals surface area contributed by atoms with Crippen molar-refractivity contribution in [2.75, 3.05) is 41.2 Å². The molecule has 0 bridgehead atoms. The van der Waals surface area contributed by atoms with Crippen LogP contribution < -0.4 is 0 Å². The predicted molar refractivity (Wildman–Crippen MR) is 79.0 cm³/mol. The van der Waals surface area contributed by atoms with E-state index in [1.54, 1.807) is 27.0 Å². The van der Waals surface area contributed by atoms with Crippen LogP contribution in [0.4, 0.5) is 0 Å². The van der Waals surface area contributed by atoms with Gasteiger partial charge in [-0.05, 0) is 26.5 Å². The van der Waals surface area contributed by atoms with E-state index in [9.17, 15) is 0 Å². The monoisotopic (exact) mass is 312 g/mol. The molecule has 0 aromatic heterocycles. The normalized spacial score (nSPS) is 11.1. The molecule has 0 atom stereocenters. The molecule has 0 spiro atoms. The van der Waals surface area contributed by atoms with Gasteiger partial charge in [0.1, 0.15) is 0 Å². The molecule has 0 saturated carbocycles. The first-order chi connectivity index (χ1) is 9.09. The van der Waals surface area contributed by atoms with Crippen LogP contribution in [0.25, 0.3) is 0 Å². The van der Waals surface area contributed by atoms with E-state index in [4.69, 9.17) is 26.6 Å². The van der Waals surface area contributed by atoms with Crippen molar-refractivity contribution >= 4 is 18.3 Å². The van der Waals surface area contributed by atoms with Crippen LogP contribution in [-0.2, 0) is 26.6 Å². The Morgan fingerprint density at radius 3 is 1.26 bits per heavy atom. The second kappa shape index (κ2) is 14.3. The van der Waals surface area contributed by atoms with Crippen LogP contribution in [0.5, 0.6) is 0 Å². The van der Waals surface area contributed by atoms with Crippen LogP contribution in [0, 0.1) is 0 Å². The number of rotatable bonds is 10. The Hall–Kier alpha value is -0.0662. The summed E-state index contributed by atoms with van der Waals surface area (Å²) in [4.78, 5) is 0. The summed E-state index contributed by atoms with van der Waals surface area (Å²) in [6, 6.07) is 0. The zero-order valence-electron chi connectivity index (χ0n) is 12.9. The third kappa shape index (κ3) is 10.4. The lowest BCUT2D eigenvalue weighted by Gasteiger charge is -2.19. The lowest BCUT2D eigenvalue weighted by atomic mass is 10.9. The zero-order valence-corrected chi connectivity index (χ0v) is 15.1. The molecule has 0 fully saturated rings. The summed E-state index contributed by atoms with van der Waals surface area (Å²) >= 11 is 0. The van der Waals surface area contributed by atoms with Gasteiger partial charge in [-0.2, -0.15) is 0 Å². The summed E-state index contributed by atoms with van der Waals surface area (Å²) in [7, 11) is 0.466. The van der Waals surface area contributed by atoms with E-state index in [-0.39, 0.29) is 0 Å². The first-order valence-corrected chi connectivity index (χ1v) is 9.44. The summed E-state index contributed by atoms with van der Waals surface area (Å²) in [6.07, 6.45) is 0. The molecule has 116 valence electrons. The van der Waals surface area contributed by atoms with Crippen LogP contribution in [0.15, 0.2) is 12.3 Å². The van der Waals surface area contributed by atoms with Gasteiger partial charge in [0.15, 0.2) is 0 Å². The fourth-order valence-electron chi connectivity index (χ4n) is 1.05. The average Bonchev–Trinajstić information content (AvgIpc) is 2.44. The molecule has 0 aliphatic carbocycles. The number of hydrogen-bond donors (Lipinski definition) is 0. The van der Waals surface area contributed by atoms with Gasteiger partial charge in [-0.1, -0.05) is 6.58 Å². The minimum atomic E-state index is -2.43. The maximum atomic E-state index is 5.22. The van der Waals surface area contributed by atoms with Crippen LogP contribution in [0.3, 0.4) is 0 Å². The molecular formula is C11H28O6Si2. The first kappa shape index (κ1) is 21.2. The Morgan fingerprint density at radius 2 is 1.16 bits per heavy atom. The molecule has 0 aromatic carbocycles. The summed E-state index contributed by atoms with van der Waals surface area (Å²) in [5.74, 6) is 0. The SMILES string of the molecule is C=C[Si](OC)(OC)OC.CCO[SiH](OCC)OCC. The van der Waals surface area contributed by atoms with Gasteiger partial charge in [-0.25, -0.2) is 0 Å². The Labute approximate surface area is 119 Å². The second-order valence-corrected chi connectivity index (χ2v) is 7.49. The van der Waals surface area contributed by atoms with Crippen molar-refractivity contribution in [3.05, 3.63) is 12.3 Å². The molecule has 6 nitrogen and oxygen atoms in total. The summed E-state index contributed by atoms with van der Waals surface area (Å²) in [5.41, 5.74) is 1.58. The van der Waals surface area contributed by atoms with Crippen molar-refractivity contribution in [1.29, 1.82) is 0 Å². The van der Waals surface area contributed by atoms with Crippen LogP contribution >= 0.6 is 0 Å². The van der Waals surface area contributed by atoms with Gasteiger partial charge < -0.3 is 26.6 Å². The molecule has 0 N–H and O–H groups in total. The van der Waals surface area contributed by atoms with Gasteiger partial charge >= 0.3 is 18.3 Å². The van der Waals surface area contributed by atoms with Crippen LogP contribution in [0.1, 0.15) is 20.8 Å². The van der Waals surface area contributed by atoms with Crippen molar-refractivity contribution in [1.82, 2.24) is 0 Å². The third-order valence-electron chi connectivity index (χ3n) is 2.01. The highest BCUT2D eigenvalue weighted by Gasteiger charge is 2.33. The maximum Gasteiger partial charge on any atom is 0.528 e. The van der Waals surface area contributed by atoms with Crippen molar-refractivity contribution in [3.8, 4) is 0 Å². The molecule has 0 unspecified atom stereocenters. The van der Waals surface area contributed by atoms with E-state index in [2.05, 4.69) is 6.58 Å². The van der Waals surface area contributed by atoms with Gasteiger partial charge in [0, 0.05) is 41.2 Å². The lowest BCUT2D eigenvalue weighted by molar-refractivity contribution is 0.107. The molecule has 0 heterocycles. The second-order valence-electron chi connectivity index (χ2n) is 3.07.